The summed E-state index contributed by atoms with van der Waals surface area (Å²) >= 11 is 13.4. The Balaban J connectivity index is 2.61. The second-order valence-corrected chi connectivity index (χ2v) is 8.58. The number of benzene rings is 2. The van der Waals surface area contributed by atoms with Crippen LogP contribution in [0.15, 0.2) is 53.4 Å². The summed E-state index contributed by atoms with van der Waals surface area (Å²) in [4.78, 5) is 11.6. The van der Waals surface area contributed by atoms with E-state index in [0.29, 0.717) is 10.7 Å². The van der Waals surface area contributed by atoms with Gasteiger partial charge in [0, 0.05) is 8.59 Å². The van der Waals surface area contributed by atoms with Crippen LogP contribution in [0.4, 0.5) is 5.69 Å². The lowest BCUT2D eigenvalue weighted by Gasteiger charge is -2.28. The summed E-state index contributed by atoms with van der Waals surface area (Å²) in [5.74, 6) is 0. The fraction of sp³-hybridized carbons (Fsp3) is 0.133. The van der Waals surface area contributed by atoms with Crippen molar-refractivity contribution < 1.29 is 13.2 Å². The van der Waals surface area contributed by atoms with Crippen LogP contribution < -0.4 is 4.31 Å². The van der Waals surface area contributed by atoms with Crippen molar-refractivity contribution in [1.29, 1.82) is 0 Å². The Morgan fingerprint density at radius 2 is 1.78 bits per heavy atom. The van der Waals surface area contributed by atoms with E-state index in [1.54, 1.807) is 18.2 Å². The van der Waals surface area contributed by atoms with Crippen molar-refractivity contribution in [1.82, 2.24) is 0 Å². The molecule has 2 rings (SSSR count). The molecule has 0 amide bonds. The SMILES string of the molecule is CC(C(=O)Cl)N(c1cccc(I)c1)S(=O)(=O)c1ccc(Cl)cc1. The average molecular weight is 484 g/mol. The maximum Gasteiger partial charge on any atom is 0.265 e. The summed E-state index contributed by atoms with van der Waals surface area (Å²) in [6, 6.07) is 11.5. The first kappa shape index (κ1) is 18.5. The number of rotatable bonds is 5. The summed E-state index contributed by atoms with van der Waals surface area (Å²) in [6.45, 7) is 1.45. The molecular formula is C15H12Cl2INO3S. The summed E-state index contributed by atoms with van der Waals surface area (Å²) in [7, 11) is -3.97. The number of halogens is 3. The summed E-state index contributed by atoms with van der Waals surface area (Å²) in [6.07, 6.45) is 0. The van der Waals surface area contributed by atoms with Crippen molar-refractivity contribution in [2.24, 2.45) is 0 Å². The van der Waals surface area contributed by atoms with Gasteiger partial charge in [-0.25, -0.2) is 8.42 Å². The molecule has 0 aliphatic heterocycles. The Hall–Kier alpha value is -0.830. The molecule has 122 valence electrons. The van der Waals surface area contributed by atoms with Crippen LogP contribution in [0.5, 0.6) is 0 Å². The van der Waals surface area contributed by atoms with E-state index in [0.717, 1.165) is 7.88 Å². The number of anilines is 1. The van der Waals surface area contributed by atoms with Gasteiger partial charge in [-0.3, -0.25) is 9.10 Å². The van der Waals surface area contributed by atoms with Gasteiger partial charge in [0.2, 0.25) is 5.24 Å². The van der Waals surface area contributed by atoms with Crippen LogP contribution in [0.3, 0.4) is 0 Å². The van der Waals surface area contributed by atoms with E-state index < -0.39 is 21.3 Å². The fourth-order valence-electron chi connectivity index (χ4n) is 2.00. The maximum absolute atomic E-state index is 13.0. The molecule has 0 saturated carbocycles. The zero-order chi connectivity index (χ0) is 17.2. The van der Waals surface area contributed by atoms with E-state index in [4.69, 9.17) is 23.2 Å². The molecule has 0 fully saturated rings. The lowest BCUT2D eigenvalue weighted by atomic mass is 10.3. The van der Waals surface area contributed by atoms with Crippen LogP contribution in [-0.4, -0.2) is 19.7 Å². The Morgan fingerprint density at radius 3 is 2.30 bits per heavy atom. The van der Waals surface area contributed by atoms with Gasteiger partial charge in [-0.15, -0.1) is 0 Å². The Bertz CT molecular complexity index is 825. The summed E-state index contributed by atoms with van der Waals surface area (Å²) in [5, 5.41) is -0.340. The van der Waals surface area contributed by atoms with Crippen LogP contribution in [-0.2, 0) is 14.8 Å². The molecule has 2 aromatic carbocycles. The van der Waals surface area contributed by atoms with Crippen LogP contribution in [0, 0.1) is 3.57 Å². The minimum absolute atomic E-state index is 0.0329. The molecular weight excluding hydrogens is 472 g/mol. The maximum atomic E-state index is 13.0. The molecule has 23 heavy (non-hydrogen) atoms. The summed E-state index contributed by atoms with van der Waals surface area (Å²) in [5.41, 5.74) is 0.369. The summed E-state index contributed by atoms with van der Waals surface area (Å²) < 4.78 is 27.8. The van der Waals surface area contributed by atoms with E-state index in [1.807, 2.05) is 6.07 Å². The van der Waals surface area contributed by atoms with Crippen molar-refractivity contribution in [3.63, 3.8) is 0 Å². The van der Waals surface area contributed by atoms with Crippen LogP contribution >= 0.6 is 45.8 Å². The number of carbonyl (C=O) groups is 1. The highest BCUT2D eigenvalue weighted by atomic mass is 127. The molecule has 0 bridgehead atoms. The van der Waals surface area contributed by atoms with Gasteiger partial charge in [0.15, 0.2) is 0 Å². The first-order chi connectivity index (χ1) is 10.7. The average Bonchev–Trinajstić information content (AvgIpc) is 2.47. The molecule has 4 nitrogen and oxygen atoms in total. The molecule has 0 radical (unpaired) electrons. The zero-order valence-corrected chi connectivity index (χ0v) is 16.4. The molecule has 1 unspecified atom stereocenters. The van der Waals surface area contributed by atoms with E-state index in [1.165, 1.54) is 31.2 Å². The lowest BCUT2D eigenvalue weighted by molar-refractivity contribution is -0.112. The van der Waals surface area contributed by atoms with E-state index in [-0.39, 0.29) is 4.90 Å². The Labute approximate surface area is 158 Å². The molecule has 0 N–H and O–H groups in total. The van der Waals surface area contributed by atoms with E-state index in [2.05, 4.69) is 22.6 Å². The topological polar surface area (TPSA) is 54.5 Å². The highest BCUT2D eigenvalue weighted by Gasteiger charge is 2.32. The molecule has 0 heterocycles. The number of hydrogen-bond donors (Lipinski definition) is 0. The third-order valence-electron chi connectivity index (χ3n) is 3.11. The molecule has 0 saturated heterocycles. The standard InChI is InChI=1S/C15H12Cl2INO3S/c1-10(15(17)20)19(13-4-2-3-12(18)9-13)23(21,22)14-7-5-11(16)6-8-14/h2-10H,1H3. The van der Waals surface area contributed by atoms with Crippen molar-refractivity contribution in [2.75, 3.05) is 4.31 Å². The molecule has 0 aliphatic carbocycles. The van der Waals surface area contributed by atoms with Crippen LogP contribution in [0.25, 0.3) is 0 Å². The Morgan fingerprint density at radius 1 is 1.17 bits per heavy atom. The third-order valence-corrected chi connectivity index (χ3v) is 6.26. The van der Waals surface area contributed by atoms with Gasteiger partial charge in [-0.05, 0) is 83.6 Å². The minimum atomic E-state index is -3.97. The van der Waals surface area contributed by atoms with Crippen molar-refractivity contribution in [3.05, 3.63) is 57.1 Å². The predicted octanol–water partition coefficient (Wildman–Crippen LogP) is 4.29. The number of sulfonamides is 1. The van der Waals surface area contributed by atoms with Crippen LogP contribution in [0.2, 0.25) is 5.02 Å². The van der Waals surface area contributed by atoms with Crippen molar-refractivity contribution >= 4 is 66.7 Å². The van der Waals surface area contributed by atoms with Crippen molar-refractivity contribution in [3.8, 4) is 0 Å². The largest absolute Gasteiger partial charge is 0.279 e. The Kier molecular flexibility index (Phi) is 5.94. The highest BCUT2D eigenvalue weighted by molar-refractivity contribution is 14.1. The van der Waals surface area contributed by atoms with Gasteiger partial charge in [-0.2, -0.15) is 0 Å². The van der Waals surface area contributed by atoms with Gasteiger partial charge in [0.05, 0.1) is 10.6 Å². The number of hydrogen-bond acceptors (Lipinski definition) is 3. The first-order valence-corrected chi connectivity index (χ1v) is 9.76. The molecule has 0 aliphatic rings. The molecule has 8 heteroatoms. The zero-order valence-electron chi connectivity index (χ0n) is 11.9. The van der Waals surface area contributed by atoms with E-state index >= 15 is 0 Å². The van der Waals surface area contributed by atoms with Gasteiger partial charge in [0.1, 0.15) is 6.04 Å². The minimum Gasteiger partial charge on any atom is -0.279 e. The molecule has 0 spiro atoms. The monoisotopic (exact) mass is 483 g/mol. The highest BCUT2D eigenvalue weighted by Crippen LogP contribution is 2.28. The number of carbonyl (C=O) groups excluding carboxylic acids is 1. The smallest absolute Gasteiger partial charge is 0.265 e. The van der Waals surface area contributed by atoms with Crippen molar-refractivity contribution in [2.45, 2.75) is 17.9 Å². The molecule has 0 aromatic heterocycles. The van der Waals surface area contributed by atoms with Gasteiger partial charge in [-0.1, -0.05) is 17.7 Å². The lowest BCUT2D eigenvalue weighted by Crippen LogP contribution is -2.42. The quantitative estimate of drug-likeness (QED) is 0.470. The third kappa shape index (κ3) is 4.17. The first-order valence-electron chi connectivity index (χ1n) is 6.48. The molecule has 2 aromatic rings. The fourth-order valence-corrected chi connectivity index (χ4v) is 4.41. The normalized spacial score (nSPS) is 12.7. The van der Waals surface area contributed by atoms with Gasteiger partial charge < -0.3 is 0 Å². The molecule has 1 atom stereocenters. The van der Waals surface area contributed by atoms with E-state index in [9.17, 15) is 13.2 Å². The number of nitrogens with zero attached hydrogens (tertiary/aromatic N) is 1. The second kappa shape index (κ2) is 7.38. The van der Waals surface area contributed by atoms with Gasteiger partial charge in [0.25, 0.3) is 10.0 Å². The second-order valence-electron chi connectivity index (χ2n) is 4.71. The van der Waals surface area contributed by atoms with Crippen LogP contribution in [0.1, 0.15) is 6.92 Å². The van der Waals surface area contributed by atoms with Gasteiger partial charge >= 0.3 is 0 Å². The predicted molar refractivity (Wildman–Crippen MR) is 101 cm³/mol.